The molecule has 0 N–H and O–H groups in total. The van der Waals surface area contributed by atoms with E-state index in [2.05, 4.69) is 0 Å². The summed E-state index contributed by atoms with van der Waals surface area (Å²) in [5, 5.41) is 2.43. The number of fused-ring (bicyclic) bond motifs is 4. The van der Waals surface area contributed by atoms with Gasteiger partial charge in [-0.1, -0.05) is 5.57 Å². The second-order valence-corrected chi connectivity index (χ2v) is 10.9. The van der Waals surface area contributed by atoms with Gasteiger partial charge in [0, 0.05) is 33.9 Å². The number of ether oxygens (including phenoxy) is 5. The molecule has 0 amide bonds. The smallest absolute Gasteiger partial charge is 0.350 e. The van der Waals surface area contributed by atoms with Gasteiger partial charge in [-0.2, -0.15) is 0 Å². The van der Waals surface area contributed by atoms with Gasteiger partial charge in [-0.25, -0.2) is 4.79 Å². The molecule has 0 radical (unpaired) electrons. The van der Waals surface area contributed by atoms with Crippen molar-refractivity contribution in [2.24, 2.45) is 0 Å². The van der Waals surface area contributed by atoms with Crippen molar-refractivity contribution in [3.63, 3.8) is 0 Å². The minimum Gasteiger partial charge on any atom is -0.483 e. The Balaban J connectivity index is 1.20. The maximum Gasteiger partial charge on any atom is 0.350 e. The van der Waals surface area contributed by atoms with Crippen LogP contribution in [0.4, 0.5) is 0 Å². The van der Waals surface area contributed by atoms with Crippen molar-refractivity contribution in [1.82, 2.24) is 0 Å². The van der Waals surface area contributed by atoms with Crippen molar-refractivity contribution < 1.29 is 36.9 Å². The fourth-order valence-electron chi connectivity index (χ4n) is 5.15. The topological polar surface area (TPSA) is 103 Å². The van der Waals surface area contributed by atoms with Crippen LogP contribution in [-0.4, -0.2) is 30.9 Å². The standard InChI is InChI=1S/C32H28O9/c1-18(2)8-12-36-30-26-22(10-14-35-26)16-20-7-11-32(40-28(20)30)39-23(31(3,4)41-32)17-37-29-25-21(9-13-34-25)15-19-5-6-24(33)38-27(19)29/h5-11,13-16,23H,12,17H2,1-4H3/t23-,32-/m0/s1. The Kier molecular flexibility index (Phi) is 5.78. The van der Waals surface area contributed by atoms with Gasteiger partial charge in [0.15, 0.2) is 22.5 Å². The SMILES string of the molecule is CC(C)=CCOc1c2c(cc3ccoc13)C=C[C@@]1(O2)O[C@@H](COc2c3occc3cc3ccc(=O)oc23)C(C)(C)O1. The molecule has 0 bridgehead atoms. The van der Waals surface area contributed by atoms with Crippen LogP contribution in [0.3, 0.4) is 0 Å². The van der Waals surface area contributed by atoms with Gasteiger partial charge >= 0.3 is 11.6 Å². The van der Waals surface area contributed by atoms with Gasteiger partial charge in [-0.3, -0.25) is 0 Å². The third-order valence-corrected chi connectivity index (χ3v) is 7.26. The molecule has 2 aliphatic heterocycles. The summed E-state index contributed by atoms with van der Waals surface area (Å²) < 4.78 is 48.6. The number of benzene rings is 2. The summed E-state index contributed by atoms with van der Waals surface area (Å²) in [5.41, 5.74) is 1.98. The molecule has 5 heterocycles. The summed E-state index contributed by atoms with van der Waals surface area (Å²) in [6.45, 7) is 8.22. The number of hydrogen-bond donors (Lipinski definition) is 0. The van der Waals surface area contributed by atoms with E-state index in [0.717, 1.165) is 21.9 Å². The zero-order valence-corrected chi connectivity index (χ0v) is 23.0. The first-order valence-corrected chi connectivity index (χ1v) is 13.3. The minimum absolute atomic E-state index is 0.0630. The molecule has 7 rings (SSSR count). The van der Waals surface area contributed by atoms with Crippen LogP contribution < -0.4 is 19.8 Å². The van der Waals surface area contributed by atoms with E-state index in [0.29, 0.717) is 46.0 Å². The molecular weight excluding hydrogens is 528 g/mol. The Morgan fingerprint density at radius 2 is 1.66 bits per heavy atom. The Hall–Kier alpha value is -4.47. The fraction of sp³-hybridized carbons (Fsp3) is 0.281. The lowest BCUT2D eigenvalue weighted by Crippen LogP contribution is -2.39. The molecule has 1 saturated heterocycles. The quantitative estimate of drug-likeness (QED) is 0.162. The Morgan fingerprint density at radius 3 is 2.44 bits per heavy atom. The van der Waals surface area contributed by atoms with Gasteiger partial charge in [0.05, 0.1) is 18.1 Å². The van der Waals surface area contributed by atoms with Gasteiger partial charge in [0.1, 0.15) is 19.3 Å². The molecule has 9 nitrogen and oxygen atoms in total. The van der Waals surface area contributed by atoms with Gasteiger partial charge in [-0.05, 0) is 70.2 Å². The van der Waals surface area contributed by atoms with Gasteiger partial charge in [0.25, 0.3) is 0 Å². The van der Waals surface area contributed by atoms with Crippen LogP contribution in [0.1, 0.15) is 33.3 Å². The van der Waals surface area contributed by atoms with Crippen LogP contribution in [0.2, 0.25) is 0 Å². The summed E-state index contributed by atoms with van der Waals surface area (Å²) >= 11 is 0. The summed E-state index contributed by atoms with van der Waals surface area (Å²) in [5.74, 6) is -0.270. The van der Waals surface area contributed by atoms with Crippen LogP contribution in [0, 0.1) is 0 Å². The molecule has 2 aliphatic rings. The van der Waals surface area contributed by atoms with Crippen LogP contribution in [-0.2, 0) is 9.47 Å². The molecule has 1 fully saturated rings. The molecule has 0 unspecified atom stereocenters. The molecular formula is C32H28O9. The third-order valence-electron chi connectivity index (χ3n) is 7.26. The van der Waals surface area contributed by atoms with Crippen molar-refractivity contribution in [2.45, 2.75) is 45.4 Å². The minimum atomic E-state index is -1.52. The van der Waals surface area contributed by atoms with E-state index < -0.39 is 23.3 Å². The van der Waals surface area contributed by atoms with Crippen LogP contribution in [0.5, 0.6) is 17.2 Å². The Labute approximate surface area is 234 Å². The molecule has 1 spiro atoms. The van der Waals surface area contributed by atoms with Crippen molar-refractivity contribution in [3.8, 4) is 17.2 Å². The van der Waals surface area contributed by atoms with Crippen molar-refractivity contribution in [2.75, 3.05) is 13.2 Å². The highest BCUT2D eigenvalue weighted by molar-refractivity contribution is 6.00. The Morgan fingerprint density at radius 1 is 0.927 bits per heavy atom. The number of hydrogen-bond acceptors (Lipinski definition) is 9. The largest absolute Gasteiger partial charge is 0.483 e. The maximum absolute atomic E-state index is 12.0. The predicted molar refractivity (Wildman–Crippen MR) is 151 cm³/mol. The summed E-state index contributed by atoms with van der Waals surface area (Å²) in [4.78, 5) is 12.0. The highest BCUT2D eigenvalue weighted by Gasteiger charge is 2.55. The van der Waals surface area contributed by atoms with Crippen LogP contribution in [0.15, 0.2) is 84.7 Å². The van der Waals surface area contributed by atoms with E-state index in [4.69, 9.17) is 36.9 Å². The summed E-state index contributed by atoms with van der Waals surface area (Å²) in [6.07, 6.45) is 8.22. The lowest BCUT2D eigenvalue weighted by molar-refractivity contribution is -0.271. The molecule has 9 heteroatoms. The van der Waals surface area contributed by atoms with Crippen molar-refractivity contribution >= 4 is 39.0 Å². The Bertz CT molecular complexity index is 1910. The second kappa shape index (κ2) is 9.29. The lowest BCUT2D eigenvalue weighted by atomic mass is 10.0. The van der Waals surface area contributed by atoms with Gasteiger partial charge in [-0.15, -0.1) is 0 Å². The molecule has 3 aromatic heterocycles. The second-order valence-electron chi connectivity index (χ2n) is 10.9. The highest BCUT2D eigenvalue weighted by atomic mass is 16.9. The molecule has 5 aromatic rings. The van der Waals surface area contributed by atoms with E-state index in [1.807, 2.05) is 64.1 Å². The monoisotopic (exact) mass is 556 g/mol. The summed E-state index contributed by atoms with van der Waals surface area (Å²) in [7, 11) is 0. The first kappa shape index (κ1) is 25.5. The van der Waals surface area contributed by atoms with Crippen LogP contribution in [0.25, 0.3) is 39.0 Å². The van der Waals surface area contributed by atoms with E-state index in [9.17, 15) is 4.79 Å². The van der Waals surface area contributed by atoms with E-state index in [-0.39, 0.29) is 6.61 Å². The molecule has 2 aromatic carbocycles. The molecule has 210 valence electrons. The van der Waals surface area contributed by atoms with Crippen molar-refractivity contribution in [1.29, 1.82) is 0 Å². The molecule has 2 atom stereocenters. The molecule has 0 aliphatic carbocycles. The van der Waals surface area contributed by atoms with Crippen LogP contribution >= 0.6 is 0 Å². The third kappa shape index (κ3) is 4.38. The molecule has 0 saturated carbocycles. The highest BCUT2D eigenvalue weighted by Crippen LogP contribution is 2.49. The van der Waals surface area contributed by atoms with Gasteiger partial charge < -0.3 is 36.9 Å². The van der Waals surface area contributed by atoms with E-state index >= 15 is 0 Å². The molecule has 41 heavy (non-hydrogen) atoms. The lowest BCUT2D eigenvalue weighted by Gasteiger charge is -2.31. The van der Waals surface area contributed by atoms with Gasteiger partial charge in [0.2, 0.25) is 11.5 Å². The zero-order valence-electron chi connectivity index (χ0n) is 23.0. The maximum atomic E-state index is 12.0. The number of allylic oxidation sites excluding steroid dienone is 1. The normalized spacial score (nSPS) is 20.9. The average molecular weight is 557 g/mol. The number of rotatable bonds is 6. The average Bonchev–Trinajstić information content (AvgIpc) is 3.64. The zero-order chi connectivity index (χ0) is 28.4. The van der Waals surface area contributed by atoms with Crippen molar-refractivity contribution in [3.05, 3.63) is 82.6 Å². The predicted octanol–water partition coefficient (Wildman–Crippen LogP) is 6.96. The van der Waals surface area contributed by atoms with E-state index in [1.54, 1.807) is 24.7 Å². The fourth-order valence-corrected chi connectivity index (χ4v) is 5.15. The first-order chi connectivity index (χ1) is 19.7. The number of furan rings is 2. The van der Waals surface area contributed by atoms with E-state index in [1.165, 1.54) is 6.07 Å². The first-order valence-electron chi connectivity index (χ1n) is 13.3. The summed E-state index contributed by atoms with van der Waals surface area (Å²) in [6, 6.07) is 10.6.